The van der Waals surface area contributed by atoms with Crippen LogP contribution in [0.1, 0.15) is 89.2 Å². The van der Waals surface area contributed by atoms with Gasteiger partial charge in [0.05, 0.1) is 17.7 Å². The van der Waals surface area contributed by atoms with E-state index in [1.165, 1.54) is 13.8 Å². The van der Waals surface area contributed by atoms with Gasteiger partial charge >= 0.3 is 18.3 Å². The molecule has 0 aromatic heterocycles. The van der Waals surface area contributed by atoms with Crippen LogP contribution in [0.5, 0.6) is 0 Å². The highest BCUT2D eigenvalue weighted by Gasteiger charge is 2.59. The number of nitrogens with one attached hydrogen (secondary N) is 2. The van der Waals surface area contributed by atoms with Crippen LogP contribution < -0.4 is 16.4 Å². The maximum atomic E-state index is 13.9. The zero-order valence-electron chi connectivity index (χ0n) is 25.5. The quantitative estimate of drug-likeness (QED) is 0.307. The summed E-state index contributed by atoms with van der Waals surface area (Å²) in [6.45, 7) is 2.39. The van der Waals surface area contributed by atoms with Crippen molar-refractivity contribution in [2.24, 2.45) is 23.5 Å². The minimum Gasteiger partial charge on any atom is -0.436 e. The summed E-state index contributed by atoms with van der Waals surface area (Å²) in [5.74, 6) is -0.0952. The maximum absolute atomic E-state index is 13.9. The van der Waals surface area contributed by atoms with Crippen LogP contribution in [0.4, 0.5) is 28.4 Å². The third-order valence-corrected chi connectivity index (χ3v) is 10.6. The summed E-state index contributed by atoms with van der Waals surface area (Å²) < 4.78 is 46.1. The van der Waals surface area contributed by atoms with Gasteiger partial charge in [-0.1, -0.05) is 70.3 Å². The molecule has 1 aromatic rings. The second-order valence-electron chi connectivity index (χ2n) is 13.8. The first-order chi connectivity index (χ1) is 20.7. The lowest BCUT2D eigenvalue weighted by molar-refractivity contribution is -0.153. The van der Waals surface area contributed by atoms with E-state index in [2.05, 4.69) is 5.32 Å². The van der Waals surface area contributed by atoms with E-state index >= 15 is 0 Å². The molecule has 3 atom stereocenters. The number of carbonyl (C=O) groups is 3. The Balaban J connectivity index is 1.39. The standard InChI is InChI=1S/C32H45F3N4O5/c1-30(2,43)31(39-18-24(32(33,34)35)38-29(39)42)16-21-13-14-23(15-22(21)17-31)37-27(40)26(44-28(36)41)25(19-9-5-3-6-10-19)20-11-7-4-8-12-20/h13-15,19-20,24-26,43H,3-12,16-18H2,1-2H3,(H2,36,41)(H,37,40)(H,38,42)/t24?,26-,31?/m0/s1. The summed E-state index contributed by atoms with van der Waals surface area (Å²) >= 11 is 0. The smallest absolute Gasteiger partial charge is 0.410 e. The summed E-state index contributed by atoms with van der Waals surface area (Å²) in [7, 11) is 0. The molecule has 12 heteroatoms. The molecule has 5 N–H and O–H groups in total. The van der Waals surface area contributed by atoms with Gasteiger partial charge in [-0.15, -0.1) is 0 Å². The molecular weight excluding hydrogens is 577 g/mol. The number of alkyl halides is 3. The molecule has 1 aromatic carbocycles. The Bertz CT molecular complexity index is 1220. The molecule has 9 nitrogen and oxygen atoms in total. The fraction of sp³-hybridized carbons (Fsp3) is 0.719. The normalized spacial score (nSPS) is 25.9. The molecule has 0 spiro atoms. The number of hydrogen-bond donors (Lipinski definition) is 4. The minimum atomic E-state index is -4.62. The van der Waals surface area contributed by atoms with E-state index in [1.54, 1.807) is 18.2 Å². The van der Waals surface area contributed by atoms with Crippen molar-refractivity contribution in [2.45, 2.75) is 120 Å². The van der Waals surface area contributed by atoms with Crippen LogP contribution in [0.3, 0.4) is 0 Å². The van der Waals surface area contributed by atoms with Gasteiger partial charge in [-0.2, -0.15) is 13.2 Å². The van der Waals surface area contributed by atoms with Gasteiger partial charge in [-0.25, -0.2) is 9.59 Å². The van der Waals surface area contributed by atoms with E-state index in [0.29, 0.717) is 11.3 Å². The Morgan fingerprint density at radius 1 is 1.02 bits per heavy atom. The Morgan fingerprint density at radius 2 is 1.59 bits per heavy atom. The second-order valence-corrected chi connectivity index (χ2v) is 13.8. The highest BCUT2D eigenvalue weighted by Crippen LogP contribution is 2.46. The monoisotopic (exact) mass is 622 g/mol. The number of fused-ring (bicyclic) bond motifs is 1. The van der Waals surface area contributed by atoms with Crippen LogP contribution in [-0.2, 0) is 22.4 Å². The van der Waals surface area contributed by atoms with Crippen LogP contribution in [0, 0.1) is 17.8 Å². The number of nitrogens with zero attached hydrogens (tertiary/aromatic N) is 1. The van der Waals surface area contributed by atoms with E-state index in [0.717, 1.165) is 74.7 Å². The number of ether oxygens (including phenoxy) is 1. The fourth-order valence-electron chi connectivity index (χ4n) is 8.34. The Kier molecular flexibility index (Phi) is 9.13. The Hall–Kier alpha value is -3.02. The maximum Gasteiger partial charge on any atom is 0.410 e. The summed E-state index contributed by atoms with van der Waals surface area (Å²) in [6.07, 6.45) is 4.10. The Morgan fingerprint density at radius 3 is 2.09 bits per heavy atom. The van der Waals surface area contributed by atoms with Gasteiger partial charge in [-0.05, 0) is 61.8 Å². The number of primary amides is 1. The first kappa shape index (κ1) is 32.4. The third-order valence-electron chi connectivity index (χ3n) is 10.6. The molecule has 0 bridgehead atoms. The minimum absolute atomic E-state index is 0.0987. The van der Waals surface area contributed by atoms with E-state index in [-0.39, 0.29) is 30.6 Å². The number of halogens is 3. The van der Waals surface area contributed by atoms with Crippen LogP contribution in [-0.4, -0.2) is 64.0 Å². The predicted octanol–water partition coefficient (Wildman–Crippen LogP) is 5.43. The second kappa shape index (κ2) is 12.4. The van der Waals surface area contributed by atoms with Gasteiger partial charge < -0.3 is 31.1 Å². The largest absolute Gasteiger partial charge is 0.436 e. The van der Waals surface area contributed by atoms with Gasteiger partial charge in [0, 0.05) is 11.6 Å². The first-order valence-electron chi connectivity index (χ1n) is 16.0. The molecule has 3 fully saturated rings. The van der Waals surface area contributed by atoms with E-state index in [1.807, 2.05) is 5.32 Å². The number of amides is 4. The molecule has 4 aliphatic rings. The summed E-state index contributed by atoms with van der Waals surface area (Å²) in [5.41, 5.74) is 4.54. The molecule has 1 saturated heterocycles. The van der Waals surface area contributed by atoms with Crippen molar-refractivity contribution in [1.82, 2.24) is 10.2 Å². The molecule has 0 radical (unpaired) electrons. The van der Waals surface area contributed by atoms with E-state index in [4.69, 9.17) is 10.5 Å². The highest BCUT2D eigenvalue weighted by molar-refractivity contribution is 5.95. The molecule has 2 unspecified atom stereocenters. The lowest BCUT2D eigenvalue weighted by Crippen LogP contribution is -2.63. The fourth-order valence-corrected chi connectivity index (χ4v) is 8.34. The van der Waals surface area contributed by atoms with Gasteiger partial charge in [0.25, 0.3) is 5.91 Å². The number of carbonyl (C=O) groups excluding carboxylic acids is 3. The van der Waals surface area contributed by atoms with Crippen molar-refractivity contribution in [3.63, 3.8) is 0 Å². The molecule has 1 aliphatic heterocycles. The molecular formula is C32H45F3N4O5. The van der Waals surface area contributed by atoms with E-state index < -0.39 is 54.0 Å². The first-order valence-corrected chi connectivity index (χ1v) is 16.0. The number of nitrogens with two attached hydrogens (primary N) is 1. The summed E-state index contributed by atoms with van der Waals surface area (Å²) in [5, 5.41) is 16.2. The van der Waals surface area contributed by atoms with Crippen LogP contribution >= 0.6 is 0 Å². The van der Waals surface area contributed by atoms with Crippen LogP contribution in [0.2, 0.25) is 0 Å². The van der Waals surface area contributed by atoms with Crippen molar-refractivity contribution >= 4 is 23.7 Å². The van der Waals surface area contributed by atoms with Gasteiger partial charge in [0.1, 0.15) is 6.04 Å². The molecule has 3 aliphatic carbocycles. The van der Waals surface area contributed by atoms with Crippen LogP contribution in [0.15, 0.2) is 18.2 Å². The molecule has 244 valence electrons. The Labute approximate surface area is 256 Å². The van der Waals surface area contributed by atoms with Crippen molar-refractivity contribution in [2.75, 3.05) is 11.9 Å². The molecule has 44 heavy (non-hydrogen) atoms. The molecule has 4 amide bonds. The zero-order valence-corrected chi connectivity index (χ0v) is 25.5. The van der Waals surface area contributed by atoms with Crippen LogP contribution in [0.25, 0.3) is 0 Å². The van der Waals surface area contributed by atoms with Crippen molar-refractivity contribution in [1.29, 1.82) is 0 Å². The van der Waals surface area contributed by atoms with Gasteiger partial charge in [0.15, 0.2) is 6.10 Å². The highest BCUT2D eigenvalue weighted by atomic mass is 19.4. The summed E-state index contributed by atoms with van der Waals surface area (Å²) in [4.78, 5) is 39.9. The topological polar surface area (TPSA) is 134 Å². The number of anilines is 1. The van der Waals surface area contributed by atoms with Gasteiger partial charge in [-0.3, -0.25) is 4.79 Å². The number of hydrogen-bond acceptors (Lipinski definition) is 5. The van der Waals surface area contributed by atoms with E-state index in [9.17, 15) is 32.7 Å². The van der Waals surface area contributed by atoms with Crippen molar-refractivity contribution in [3.8, 4) is 0 Å². The summed E-state index contributed by atoms with van der Waals surface area (Å²) in [6, 6.07) is 2.28. The molecule has 1 heterocycles. The van der Waals surface area contributed by atoms with Gasteiger partial charge in [0.2, 0.25) is 0 Å². The SMILES string of the molecule is CC(C)(O)C1(N2CC(C(F)(F)F)NC2=O)Cc2ccc(NC(=O)[C@@H](OC(N)=O)C(C3CCCCC3)C3CCCCC3)cc2C1. The third kappa shape index (κ3) is 6.50. The average molecular weight is 623 g/mol. The lowest BCUT2D eigenvalue weighted by atomic mass is 9.67. The van der Waals surface area contributed by atoms with Crippen molar-refractivity contribution in [3.05, 3.63) is 29.3 Å². The molecule has 5 rings (SSSR count). The number of benzene rings is 1. The van der Waals surface area contributed by atoms with Crippen molar-refractivity contribution < 1.29 is 37.4 Å². The zero-order chi connectivity index (χ0) is 31.9. The number of urea groups is 1. The number of aliphatic hydroxyl groups is 1. The average Bonchev–Trinajstić information content (AvgIpc) is 3.55. The molecule has 2 saturated carbocycles. The lowest BCUT2D eigenvalue weighted by Gasteiger charge is -2.46. The number of rotatable bonds is 8. The predicted molar refractivity (Wildman–Crippen MR) is 158 cm³/mol.